The molecule has 1 saturated carbocycles. The molecule has 3 rings (SSSR count). The van der Waals surface area contributed by atoms with E-state index in [0.717, 1.165) is 17.7 Å². The molecule has 1 aromatic carbocycles. The molecule has 1 saturated heterocycles. The van der Waals surface area contributed by atoms with Crippen LogP contribution in [0.5, 0.6) is 0 Å². The molecule has 134 valence electrons. The van der Waals surface area contributed by atoms with Crippen molar-refractivity contribution in [1.82, 2.24) is 9.80 Å². The van der Waals surface area contributed by atoms with Crippen LogP contribution >= 0.6 is 12.2 Å². The van der Waals surface area contributed by atoms with Crippen LogP contribution < -0.4 is 0 Å². The predicted octanol–water partition coefficient (Wildman–Crippen LogP) is 3.83. The monoisotopic (exact) mass is 357 g/mol. The first-order valence-corrected chi connectivity index (χ1v) is 9.76. The molecule has 1 heterocycles. The fourth-order valence-corrected chi connectivity index (χ4v) is 4.37. The van der Waals surface area contributed by atoms with Crippen LogP contribution in [-0.4, -0.2) is 53.1 Å². The zero-order valence-electron chi connectivity index (χ0n) is 15.0. The first-order chi connectivity index (χ1) is 12.2. The molecule has 2 fully saturated rings. The van der Waals surface area contributed by atoms with Gasteiger partial charge >= 0.3 is 0 Å². The van der Waals surface area contributed by atoms with E-state index in [4.69, 9.17) is 0 Å². The highest BCUT2D eigenvalue weighted by atomic mass is 32.1. The van der Waals surface area contributed by atoms with E-state index < -0.39 is 0 Å². The average molecular weight is 358 g/mol. The average Bonchev–Trinajstić information content (AvgIpc) is 3.17. The maximum atomic E-state index is 12.8. The molecule has 0 N–H and O–H groups in total. The van der Waals surface area contributed by atoms with Gasteiger partial charge in [0, 0.05) is 19.1 Å². The van der Waals surface area contributed by atoms with Gasteiger partial charge in [0.25, 0.3) is 0 Å². The van der Waals surface area contributed by atoms with Crippen LogP contribution in [0.25, 0.3) is 0 Å². The van der Waals surface area contributed by atoms with Gasteiger partial charge in [0.2, 0.25) is 5.91 Å². The number of rotatable bonds is 5. The summed E-state index contributed by atoms with van der Waals surface area (Å²) in [7, 11) is 1.99. The number of carbonyl (C=O) groups excluding carboxylic acids is 1. The van der Waals surface area contributed by atoms with Crippen LogP contribution in [0, 0.1) is 0 Å². The maximum absolute atomic E-state index is 12.8. The lowest BCUT2D eigenvalue weighted by atomic mass is 9.88. The number of hydrogen-bond donors (Lipinski definition) is 0. The van der Waals surface area contributed by atoms with Gasteiger partial charge in [-0.25, -0.2) is 0 Å². The molecule has 1 aromatic rings. The summed E-state index contributed by atoms with van der Waals surface area (Å²) in [5, 5.41) is 2.37. The summed E-state index contributed by atoms with van der Waals surface area (Å²) in [4.78, 5) is 21.4. The van der Waals surface area contributed by atoms with Gasteiger partial charge in [-0.05, 0) is 68.7 Å². The van der Waals surface area contributed by atoms with E-state index >= 15 is 0 Å². The third-order valence-electron chi connectivity index (χ3n) is 5.66. The van der Waals surface area contributed by atoms with Crippen molar-refractivity contribution in [1.29, 1.82) is 0 Å². The van der Waals surface area contributed by atoms with Gasteiger partial charge in [-0.1, -0.05) is 25.0 Å². The number of likely N-dealkylation sites (tertiary alicyclic amines) is 1. The van der Waals surface area contributed by atoms with E-state index in [1.54, 1.807) is 0 Å². The Balaban J connectivity index is 1.64. The van der Waals surface area contributed by atoms with Crippen LogP contribution in [0.3, 0.4) is 0 Å². The first-order valence-electron chi connectivity index (χ1n) is 9.35. The standard InChI is InChI=1S/C20H27N3OS/c1-22(18-6-2-3-7-19(18)23-12-4-5-13-23)20(24)14-16-8-10-17(11-9-16)21-15-25/h8-11,18-19H,2-7,12-14H2,1H3/t18-,19-/m1/s1. The molecule has 1 amide bonds. The molecule has 0 aromatic heterocycles. The highest BCUT2D eigenvalue weighted by Gasteiger charge is 2.35. The van der Waals surface area contributed by atoms with Crippen molar-refractivity contribution < 1.29 is 4.79 Å². The van der Waals surface area contributed by atoms with Crippen molar-refractivity contribution in [2.24, 2.45) is 4.99 Å². The van der Waals surface area contributed by atoms with Crippen molar-refractivity contribution in [2.45, 2.75) is 57.0 Å². The Bertz CT molecular complexity index is 633. The largest absolute Gasteiger partial charge is 0.341 e. The Kier molecular flexibility index (Phi) is 6.35. The molecule has 2 atom stereocenters. The zero-order valence-corrected chi connectivity index (χ0v) is 15.8. The number of isothiocyanates is 1. The lowest BCUT2D eigenvalue weighted by Gasteiger charge is -2.42. The second kappa shape index (κ2) is 8.70. The van der Waals surface area contributed by atoms with Gasteiger partial charge in [-0.3, -0.25) is 9.69 Å². The lowest BCUT2D eigenvalue weighted by Crippen LogP contribution is -2.53. The predicted molar refractivity (Wildman–Crippen MR) is 104 cm³/mol. The maximum Gasteiger partial charge on any atom is 0.227 e. The number of carbonyl (C=O) groups is 1. The molecule has 5 heteroatoms. The molecule has 1 aliphatic heterocycles. The molecule has 0 spiro atoms. The van der Waals surface area contributed by atoms with Gasteiger partial charge in [0.05, 0.1) is 17.3 Å². The highest BCUT2D eigenvalue weighted by molar-refractivity contribution is 7.78. The third kappa shape index (κ3) is 4.55. The van der Waals surface area contributed by atoms with Crippen LogP contribution in [0.15, 0.2) is 29.3 Å². The Morgan fingerprint density at radius 2 is 1.88 bits per heavy atom. The van der Waals surface area contributed by atoms with E-state index in [9.17, 15) is 4.79 Å². The topological polar surface area (TPSA) is 35.9 Å². The van der Waals surface area contributed by atoms with Crippen molar-refractivity contribution >= 4 is 29.0 Å². The summed E-state index contributed by atoms with van der Waals surface area (Å²) >= 11 is 4.62. The van der Waals surface area contributed by atoms with Crippen LogP contribution in [-0.2, 0) is 11.2 Å². The number of likely N-dealkylation sites (N-methyl/N-ethyl adjacent to an activating group) is 1. The van der Waals surface area contributed by atoms with Crippen molar-refractivity contribution in [3.8, 4) is 0 Å². The zero-order chi connectivity index (χ0) is 17.6. The smallest absolute Gasteiger partial charge is 0.227 e. The Morgan fingerprint density at radius 3 is 2.56 bits per heavy atom. The summed E-state index contributed by atoms with van der Waals surface area (Å²) in [6.07, 6.45) is 7.94. The highest BCUT2D eigenvalue weighted by Crippen LogP contribution is 2.29. The van der Waals surface area contributed by atoms with E-state index in [1.165, 1.54) is 45.2 Å². The van der Waals surface area contributed by atoms with Gasteiger partial charge in [0.1, 0.15) is 0 Å². The molecule has 4 nitrogen and oxygen atoms in total. The lowest BCUT2D eigenvalue weighted by molar-refractivity contribution is -0.133. The molecule has 0 unspecified atom stereocenters. The van der Waals surface area contributed by atoms with Crippen molar-refractivity contribution in [3.05, 3.63) is 29.8 Å². The minimum atomic E-state index is 0.210. The minimum Gasteiger partial charge on any atom is -0.341 e. The van der Waals surface area contributed by atoms with E-state index in [2.05, 4.69) is 27.3 Å². The molecule has 25 heavy (non-hydrogen) atoms. The number of aliphatic imine (C=N–C) groups is 1. The van der Waals surface area contributed by atoms with Crippen molar-refractivity contribution in [2.75, 3.05) is 20.1 Å². The van der Waals surface area contributed by atoms with Gasteiger partial charge in [0.15, 0.2) is 0 Å². The third-order valence-corrected chi connectivity index (χ3v) is 5.75. The second-order valence-corrected chi connectivity index (χ2v) is 7.40. The Hall–Kier alpha value is -1.55. The van der Waals surface area contributed by atoms with E-state index in [0.29, 0.717) is 18.5 Å². The number of hydrogen-bond acceptors (Lipinski definition) is 4. The summed E-state index contributed by atoms with van der Waals surface area (Å²) < 4.78 is 0. The SMILES string of the molecule is CN(C(=O)Cc1ccc(N=C=S)cc1)[C@@H]1CCCC[C@H]1N1CCCC1. The molecule has 0 radical (unpaired) electrons. The number of nitrogens with zero attached hydrogens (tertiary/aromatic N) is 3. The van der Waals surface area contributed by atoms with Gasteiger partial charge in [-0.15, -0.1) is 0 Å². The number of thiocarbonyl (C=S) groups is 1. The van der Waals surface area contributed by atoms with Gasteiger partial charge < -0.3 is 4.90 Å². The van der Waals surface area contributed by atoms with Crippen LogP contribution in [0.2, 0.25) is 0 Å². The fourth-order valence-electron chi connectivity index (χ4n) is 4.27. The van der Waals surface area contributed by atoms with E-state index in [-0.39, 0.29) is 5.91 Å². The molecule has 2 aliphatic rings. The number of benzene rings is 1. The second-order valence-electron chi connectivity index (χ2n) is 7.21. The Morgan fingerprint density at radius 1 is 1.20 bits per heavy atom. The first kappa shape index (κ1) is 18.2. The van der Waals surface area contributed by atoms with Crippen molar-refractivity contribution in [3.63, 3.8) is 0 Å². The van der Waals surface area contributed by atoms with Crippen LogP contribution in [0.4, 0.5) is 5.69 Å². The van der Waals surface area contributed by atoms with Crippen LogP contribution in [0.1, 0.15) is 44.1 Å². The molecular weight excluding hydrogens is 330 g/mol. The molecular formula is C20H27N3OS. The quantitative estimate of drug-likeness (QED) is 0.593. The summed E-state index contributed by atoms with van der Waals surface area (Å²) in [5.41, 5.74) is 1.80. The minimum absolute atomic E-state index is 0.210. The Labute approximate surface area is 155 Å². The molecule has 0 bridgehead atoms. The number of amides is 1. The summed E-state index contributed by atoms with van der Waals surface area (Å²) in [5.74, 6) is 0.210. The summed E-state index contributed by atoms with van der Waals surface area (Å²) in [6, 6.07) is 8.58. The normalized spacial score (nSPS) is 23.9. The fraction of sp³-hybridized carbons (Fsp3) is 0.600. The van der Waals surface area contributed by atoms with Gasteiger partial charge in [-0.2, -0.15) is 4.99 Å². The summed E-state index contributed by atoms with van der Waals surface area (Å²) in [6.45, 7) is 2.40. The van der Waals surface area contributed by atoms with E-state index in [1.807, 2.05) is 36.2 Å². The molecule has 1 aliphatic carbocycles.